The zero-order valence-corrected chi connectivity index (χ0v) is 16.4. The van der Waals surface area contributed by atoms with E-state index in [0.717, 1.165) is 16.9 Å². The van der Waals surface area contributed by atoms with Crippen molar-refractivity contribution in [2.24, 2.45) is 0 Å². The number of methoxy groups -OCH3 is 1. The summed E-state index contributed by atoms with van der Waals surface area (Å²) >= 11 is 0. The largest absolute Gasteiger partial charge is 0.467 e. The first-order chi connectivity index (χ1) is 10.9. The van der Waals surface area contributed by atoms with E-state index in [1.165, 1.54) is 12.2 Å². The summed E-state index contributed by atoms with van der Waals surface area (Å²) in [6.45, 7) is 12.8. The first kappa shape index (κ1) is 20.5. The number of hydroxylamine groups is 2. The maximum Gasteiger partial charge on any atom is 0.277 e. The Balaban J connectivity index is 3.66. The third-order valence-corrected chi connectivity index (χ3v) is 3.83. The Kier molecular flexibility index (Phi) is 6.42. The Morgan fingerprint density at radius 1 is 1.00 bits per heavy atom. The summed E-state index contributed by atoms with van der Waals surface area (Å²) in [7, 11) is 4.67. The number of ether oxygens (including phenoxy) is 2. The molecular formula is C19H31NO4. The lowest BCUT2D eigenvalue weighted by Crippen LogP contribution is -2.27. The topological polar surface area (TPSA) is 48.0 Å². The third kappa shape index (κ3) is 4.71. The second-order valence-corrected chi connectivity index (χ2v) is 7.94. The van der Waals surface area contributed by atoms with Gasteiger partial charge in [0.25, 0.3) is 5.91 Å². The lowest BCUT2D eigenvalue weighted by atomic mass is 9.78. The first-order valence-electron chi connectivity index (χ1n) is 8.06. The fourth-order valence-corrected chi connectivity index (χ4v) is 2.40. The van der Waals surface area contributed by atoms with E-state index in [2.05, 4.69) is 41.5 Å². The molecule has 0 heterocycles. The minimum atomic E-state index is -0.189. The number of carbonyl (C=O) groups is 1. The molecule has 0 atom stereocenters. The van der Waals surface area contributed by atoms with Crippen LogP contribution in [0.5, 0.6) is 5.75 Å². The fourth-order valence-electron chi connectivity index (χ4n) is 2.40. The second-order valence-electron chi connectivity index (χ2n) is 7.94. The average molecular weight is 337 g/mol. The van der Waals surface area contributed by atoms with Gasteiger partial charge < -0.3 is 9.47 Å². The minimum absolute atomic E-state index is 0.164. The Labute approximate surface area is 145 Å². The van der Waals surface area contributed by atoms with Gasteiger partial charge in [-0.2, -0.15) is 0 Å². The number of amides is 1. The third-order valence-electron chi connectivity index (χ3n) is 3.83. The van der Waals surface area contributed by atoms with Crippen LogP contribution in [0.1, 0.15) is 63.0 Å². The first-order valence-corrected chi connectivity index (χ1v) is 8.06. The van der Waals surface area contributed by atoms with Crippen LogP contribution in [-0.4, -0.2) is 39.0 Å². The molecule has 0 spiro atoms. The highest BCUT2D eigenvalue weighted by Crippen LogP contribution is 2.41. The van der Waals surface area contributed by atoms with E-state index >= 15 is 0 Å². The van der Waals surface area contributed by atoms with Gasteiger partial charge in [-0.1, -0.05) is 41.5 Å². The highest BCUT2D eigenvalue weighted by atomic mass is 16.7. The second kappa shape index (κ2) is 7.53. The van der Waals surface area contributed by atoms with E-state index in [9.17, 15) is 4.79 Å². The van der Waals surface area contributed by atoms with Crippen molar-refractivity contribution in [3.05, 3.63) is 28.8 Å². The molecule has 1 rings (SSSR count). The van der Waals surface area contributed by atoms with Crippen molar-refractivity contribution in [2.45, 2.75) is 52.4 Å². The molecule has 24 heavy (non-hydrogen) atoms. The van der Waals surface area contributed by atoms with E-state index < -0.39 is 0 Å². The molecule has 0 aliphatic rings. The number of nitrogens with zero attached hydrogens (tertiary/aromatic N) is 1. The lowest BCUT2D eigenvalue weighted by molar-refractivity contribution is -0.0757. The summed E-state index contributed by atoms with van der Waals surface area (Å²) in [4.78, 5) is 17.6. The van der Waals surface area contributed by atoms with Gasteiger partial charge in [0.15, 0.2) is 6.79 Å². The lowest BCUT2D eigenvalue weighted by Gasteiger charge is -2.30. The minimum Gasteiger partial charge on any atom is -0.467 e. The van der Waals surface area contributed by atoms with Crippen molar-refractivity contribution in [3.63, 3.8) is 0 Å². The molecule has 0 bridgehead atoms. The van der Waals surface area contributed by atoms with Crippen LogP contribution in [0.25, 0.3) is 0 Å². The van der Waals surface area contributed by atoms with Gasteiger partial charge in [-0.3, -0.25) is 9.63 Å². The molecule has 5 heteroatoms. The Morgan fingerprint density at radius 3 is 1.79 bits per heavy atom. The Bertz CT molecular complexity index is 547. The zero-order chi connectivity index (χ0) is 18.7. The van der Waals surface area contributed by atoms with Crippen molar-refractivity contribution in [3.8, 4) is 5.75 Å². The predicted octanol–water partition coefficient (Wildman–Crippen LogP) is 3.90. The quantitative estimate of drug-likeness (QED) is 0.604. The molecule has 136 valence electrons. The molecule has 0 radical (unpaired) electrons. The highest BCUT2D eigenvalue weighted by Gasteiger charge is 2.29. The van der Waals surface area contributed by atoms with Crippen molar-refractivity contribution in [1.82, 2.24) is 5.06 Å². The smallest absolute Gasteiger partial charge is 0.277 e. The van der Waals surface area contributed by atoms with E-state index in [4.69, 9.17) is 14.3 Å². The van der Waals surface area contributed by atoms with Crippen LogP contribution in [-0.2, 0) is 20.4 Å². The molecule has 1 amide bonds. The summed E-state index contributed by atoms with van der Waals surface area (Å²) in [5.41, 5.74) is 2.15. The Hall–Kier alpha value is -1.59. The summed E-state index contributed by atoms with van der Waals surface area (Å²) in [5.74, 6) is 0.597. The number of carbonyl (C=O) groups excluding carboxylic acids is 1. The molecule has 0 N–H and O–H groups in total. The molecular weight excluding hydrogens is 306 g/mol. The molecule has 0 aromatic heterocycles. The van der Waals surface area contributed by atoms with Gasteiger partial charge in [0.1, 0.15) is 5.75 Å². The fraction of sp³-hybridized carbons (Fsp3) is 0.632. The highest BCUT2D eigenvalue weighted by molar-refractivity contribution is 5.94. The number of benzene rings is 1. The molecule has 5 nitrogen and oxygen atoms in total. The Morgan fingerprint density at radius 2 is 1.46 bits per heavy atom. The van der Waals surface area contributed by atoms with Crippen molar-refractivity contribution in [2.75, 3.05) is 28.1 Å². The van der Waals surface area contributed by atoms with E-state index in [1.54, 1.807) is 14.2 Å². The summed E-state index contributed by atoms with van der Waals surface area (Å²) < 4.78 is 11.0. The van der Waals surface area contributed by atoms with E-state index in [1.807, 2.05) is 12.1 Å². The van der Waals surface area contributed by atoms with E-state index in [0.29, 0.717) is 5.56 Å². The predicted molar refractivity (Wildman–Crippen MR) is 95.4 cm³/mol. The van der Waals surface area contributed by atoms with Gasteiger partial charge in [0.2, 0.25) is 0 Å². The SMILES string of the molecule is COCOc1c(C(C)(C)C)cc(C(=O)N(C)OC)cc1C(C)(C)C. The summed E-state index contributed by atoms with van der Waals surface area (Å²) in [6.07, 6.45) is 0. The zero-order valence-electron chi connectivity index (χ0n) is 16.4. The summed E-state index contributed by atoms with van der Waals surface area (Å²) in [5, 5.41) is 1.23. The normalized spacial score (nSPS) is 12.2. The van der Waals surface area contributed by atoms with Crippen LogP contribution < -0.4 is 4.74 Å². The standard InChI is InChI=1S/C19H31NO4/c1-18(2,3)14-10-13(17(21)20(7)23-9)11-15(19(4,5)6)16(14)24-12-22-8/h10-11H,12H2,1-9H3. The number of rotatable bonds is 5. The molecule has 0 aliphatic carbocycles. The van der Waals surface area contributed by atoms with Crippen LogP contribution in [0, 0.1) is 0 Å². The van der Waals surface area contributed by atoms with Crippen LogP contribution in [0.2, 0.25) is 0 Å². The molecule has 0 fully saturated rings. The van der Waals surface area contributed by atoms with Crippen LogP contribution in [0.4, 0.5) is 0 Å². The molecule has 1 aromatic carbocycles. The van der Waals surface area contributed by atoms with Gasteiger partial charge in [0, 0.05) is 30.8 Å². The van der Waals surface area contributed by atoms with Crippen molar-refractivity contribution >= 4 is 5.91 Å². The van der Waals surface area contributed by atoms with Crippen molar-refractivity contribution in [1.29, 1.82) is 0 Å². The van der Waals surface area contributed by atoms with Gasteiger partial charge in [-0.05, 0) is 23.0 Å². The van der Waals surface area contributed by atoms with Crippen molar-refractivity contribution < 1.29 is 19.1 Å². The maximum atomic E-state index is 12.6. The van der Waals surface area contributed by atoms with Crippen LogP contribution in [0.15, 0.2) is 12.1 Å². The summed E-state index contributed by atoms with van der Waals surface area (Å²) in [6, 6.07) is 3.77. The van der Waals surface area contributed by atoms with Gasteiger partial charge in [-0.15, -0.1) is 0 Å². The van der Waals surface area contributed by atoms with E-state index in [-0.39, 0.29) is 23.5 Å². The molecule has 1 aromatic rings. The van der Waals surface area contributed by atoms with Gasteiger partial charge in [0.05, 0.1) is 7.11 Å². The number of hydrogen-bond donors (Lipinski definition) is 0. The average Bonchev–Trinajstić information content (AvgIpc) is 2.48. The van der Waals surface area contributed by atoms with Gasteiger partial charge in [-0.25, -0.2) is 5.06 Å². The van der Waals surface area contributed by atoms with Gasteiger partial charge >= 0.3 is 0 Å². The monoisotopic (exact) mass is 337 g/mol. The van der Waals surface area contributed by atoms with Crippen LogP contribution in [0.3, 0.4) is 0 Å². The maximum absolute atomic E-state index is 12.6. The molecule has 0 saturated carbocycles. The molecule has 0 aliphatic heterocycles. The number of hydrogen-bond acceptors (Lipinski definition) is 4. The molecule has 0 unspecified atom stereocenters. The van der Waals surface area contributed by atoms with Crippen LogP contribution >= 0.6 is 0 Å². The molecule has 0 saturated heterocycles.